The Morgan fingerprint density at radius 3 is 2.64 bits per heavy atom. The van der Waals surface area contributed by atoms with E-state index in [1.807, 2.05) is 6.07 Å². The molecule has 3 aromatic rings. The van der Waals surface area contributed by atoms with Crippen molar-refractivity contribution >= 4 is 16.9 Å². The predicted octanol–water partition coefficient (Wildman–Crippen LogP) is 3.05. The van der Waals surface area contributed by atoms with E-state index in [2.05, 4.69) is 31.8 Å². The minimum absolute atomic E-state index is 0.384. The van der Waals surface area contributed by atoms with Crippen LogP contribution in [0.2, 0.25) is 0 Å². The first kappa shape index (κ1) is 16.0. The van der Waals surface area contributed by atoms with Crippen LogP contribution in [0.3, 0.4) is 0 Å². The molecular formula is C18H19F2N5. The molecule has 1 saturated heterocycles. The van der Waals surface area contributed by atoms with E-state index in [0.29, 0.717) is 11.4 Å². The summed E-state index contributed by atoms with van der Waals surface area (Å²) in [7, 11) is 2.11. The molecule has 0 saturated carbocycles. The van der Waals surface area contributed by atoms with Gasteiger partial charge in [0, 0.05) is 37.5 Å². The molecule has 0 unspecified atom stereocenters. The second-order valence-electron chi connectivity index (χ2n) is 6.42. The monoisotopic (exact) mass is 343 g/mol. The van der Waals surface area contributed by atoms with Crippen LogP contribution in [0.1, 0.15) is 6.42 Å². The molecule has 1 fully saturated rings. The lowest BCUT2D eigenvalue weighted by atomic mass is 10.2. The number of hydrogen-bond acceptors (Lipinski definition) is 4. The molecule has 0 amide bonds. The van der Waals surface area contributed by atoms with E-state index in [1.165, 1.54) is 12.1 Å². The first-order valence-corrected chi connectivity index (χ1v) is 8.35. The average Bonchev–Trinajstić information content (AvgIpc) is 2.90. The van der Waals surface area contributed by atoms with Crippen LogP contribution in [0, 0.1) is 11.6 Å². The number of nitrogens with zero attached hydrogens (tertiary/aromatic N) is 4. The lowest BCUT2D eigenvalue weighted by Gasteiger charge is -2.21. The summed E-state index contributed by atoms with van der Waals surface area (Å²) in [6, 6.07) is 5.23. The lowest BCUT2D eigenvalue weighted by molar-refractivity contribution is 0.360. The third kappa shape index (κ3) is 3.19. The molecule has 0 spiro atoms. The molecular weight excluding hydrogens is 324 g/mol. The van der Waals surface area contributed by atoms with Crippen molar-refractivity contribution in [2.24, 2.45) is 0 Å². The van der Waals surface area contributed by atoms with E-state index >= 15 is 0 Å². The highest BCUT2D eigenvalue weighted by atomic mass is 19.1. The van der Waals surface area contributed by atoms with Crippen LogP contribution in [0.5, 0.6) is 0 Å². The Balaban J connectivity index is 1.76. The van der Waals surface area contributed by atoms with Gasteiger partial charge in [-0.15, -0.1) is 0 Å². The number of benzene rings is 1. The van der Waals surface area contributed by atoms with E-state index in [4.69, 9.17) is 0 Å². The Hall–Kier alpha value is -2.54. The fourth-order valence-electron chi connectivity index (χ4n) is 3.24. The van der Waals surface area contributed by atoms with Gasteiger partial charge >= 0.3 is 0 Å². The van der Waals surface area contributed by atoms with Gasteiger partial charge in [-0.2, -0.15) is 0 Å². The molecule has 5 nitrogen and oxygen atoms in total. The Labute approximate surface area is 144 Å². The minimum Gasteiger partial charge on any atom is -0.353 e. The van der Waals surface area contributed by atoms with Gasteiger partial charge in [-0.05, 0) is 38.2 Å². The number of aromatic nitrogens is 3. The molecule has 2 aromatic heterocycles. The summed E-state index contributed by atoms with van der Waals surface area (Å²) in [5.41, 5.74) is 1.92. The maximum absolute atomic E-state index is 13.5. The minimum atomic E-state index is -0.621. The average molecular weight is 343 g/mol. The van der Waals surface area contributed by atoms with Crippen LogP contribution in [0.15, 0.2) is 30.5 Å². The Kier molecular flexibility index (Phi) is 4.09. The summed E-state index contributed by atoms with van der Waals surface area (Å²) in [6.07, 6.45) is 2.79. The second kappa shape index (κ2) is 6.40. The van der Waals surface area contributed by atoms with Crippen LogP contribution >= 0.6 is 0 Å². The SMILES string of the molecule is CN1CCCN(c2nccc3[nH]c(-c4cc(F)cc(F)c4)nc23)CC1. The van der Waals surface area contributed by atoms with Crippen LogP contribution in [0.4, 0.5) is 14.6 Å². The number of rotatable bonds is 2. The zero-order valence-electron chi connectivity index (χ0n) is 14.0. The van der Waals surface area contributed by atoms with E-state index in [0.717, 1.165) is 55.5 Å². The summed E-state index contributed by atoms with van der Waals surface area (Å²) in [4.78, 5) is 16.8. The Morgan fingerprint density at radius 1 is 1.04 bits per heavy atom. The summed E-state index contributed by atoms with van der Waals surface area (Å²) in [5, 5.41) is 0. The van der Waals surface area contributed by atoms with Crippen molar-refractivity contribution in [2.75, 3.05) is 38.1 Å². The number of anilines is 1. The normalized spacial score (nSPS) is 16.4. The number of H-pyrrole nitrogens is 1. The molecule has 7 heteroatoms. The highest BCUT2D eigenvalue weighted by molar-refractivity contribution is 5.88. The van der Waals surface area contributed by atoms with Crippen LogP contribution in [-0.4, -0.2) is 53.1 Å². The number of fused-ring (bicyclic) bond motifs is 1. The van der Waals surface area contributed by atoms with E-state index in [9.17, 15) is 8.78 Å². The highest BCUT2D eigenvalue weighted by Crippen LogP contribution is 2.27. The molecule has 0 aliphatic carbocycles. The number of aromatic amines is 1. The topological polar surface area (TPSA) is 48.0 Å². The largest absolute Gasteiger partial charge is 0.353 e. The fraction of sp³-hybridized carbons (Fsp3) is 0.333. The first-order chi connectivity index (χ1) is 12.1. The lowest BCUT2D eigenvalue weighted by Crippen LogP contribution is -2.29. The highest BCUT2D eigenvalue weighted by Gasteiger charge is 2.18. The van der Waals surface area contributed by atoms with Crippen LogP contribution in [-0.2, 0) is 0 Å². The van der Waals surface area contributed by atoms with Crippen molar-refractivity contribution < 1.29 is 8.78 Å². The summed E-state index contributed by atoms with van der Waals surface area (Å²) in [6.45, 7) is 3.80. The molecule has 1 aliphatic rings. The van der Waals surface area contributed by atoms with Gasteiger partial charge in [0.15, 0.2) is 5.82 Å². The van der Waals surface area contributed by atoms with Gasteiger partial charge in [0.1, 0.15) is 23.0 Å². The Morgan fingerprint density at radius 2 is 1.84 bits per heavy atom. The zero-order valence-corrected chi connectivity index (χ0v) is 14.0. The van der Waals surface area contributed by atoms with Crippen molar-refractivity contribution in [3.05, 3.63) is 42.1 Å². The summed E-state index contributed by atoms with van der Waals surface area (Å²) >= 11 is 0. The molecule has 1 N–H and O–H groups in total. The number of hydrogen-bond donors (Lipinski definition) is 1. The molecule has 3 heterocycles. The maximum atomic E-state index is 13.5. The third-order valence-electron chi connectivity index (χ3n) is 4.54. The smallest absolute Gasteiger partial charge is 0.156 e. The van der Waals surface area contributed by atoms with Gasteiger partial charge < -0.3 is 14.8 Å². The zero-order chi connectivity index (χ0) is 17.4. The predicted molar refractivity (Wildman–Crippen MR) is 93.6 cm³/mol. The van der Waals surface area contributed by atoms with Gasteiger partial charge in [0.25, 0.3) is 0 Å². The molecule has 1 aliphatic heterocycles. The van der Waals surface area contributed by atoms with Gasteiger partial charge in [-0.3, -0.25) is 0 Å². The van der Waals surface area contributed by atoms with E-state index in [1.54, 1.807) is 6.20 Å². The van der Waals surface area contributed by atoms with Crippen molar-refractivity contribution in [3.63, 3.8) is 0 Å². The molecule has 0 radical (unpaired) electrons. The third-order valence-corrected chi connectivity index (χ3v) is 4.54. The number of halogens is 2. The number of pyridine rings is 1. The number of likely N-dealkylation sites (N-methyl/N-ethyl adjacent to an activating group) is 1. The number of nitrogens with one attached hydrogen (secondary N) is 1. The summed E-state index contributed by atoms with van der Waals surface area (Å²) < 4.78 is 27.0. The van der Waals surface area contributed by atoms with Crippen molar-refractivity contribution in [2.45, 2.75) is 6.42 Å². The van der Waals surface area contributed by atoms with Gasteiger partial charge in [-0.1, -0.05) is 0 Å². The van der Waals surface area contributed by atoms with Gasteiger partial charge in [-0.25, -0.2) is 18.7 Å². The van der Waals surface area contributed by atoms with E-state index < -0.39 is 11.6 Å². The number of imidazole rings is 1. The Bertz CT molecular complexity index is 887. The van der Waals surface area contributed by atoms with Crippen molar-refractivity contribution in [1.82, 2.24) is 19.9 Å². The summed E-state index contributed by atoms with van der Waals surface area (Å²) in [5.74, 6) is 0.00971. The quantitative estimate of drug-likeness (QED) is 0.777. The van der Waals surface area contributed by atoms with Gasteiger partial charge in [0.05, 0.1) is 5.52 Å². The standard InChI is InChI=1S/C18H19F2N5/c1-24-5-2-6-25(8-7-24)18-16-15(3-4-21-18)22-17(23-16)12-9-13(19)11-14(20)10-12/h3-4,9-11H,2,5-8H2,1H3,(H,22,23). The molecule has 4 rings (SSSR count). The van der Waals surface area contributed by atoms with Crippen molar-refractivity contribution in [1.29, 1.82) is 0 Å². The van der Waals surface area contributed by atoms with Crippen LogP contribution in [0.25, 0.3) is 22.4 Å². The molecule has 0 bridgehead atoms. The first-order valence-electron chi connectivity index (χ1n) is 8.35. The molecule has 25 heavy (non-hydrogen) atoms. The molecule has 0 atom stereocenters. The van der Waals surface area contributed by atoms with Crippen LogP contribution < -0.4 is 4.90 Å². The molecule has 130 valence electrons. The second-order valence-corrected chi connectivity index (χ2v) is 6.42. The van der Waals surface area contributed by atoms with Gasteiger partial charge in [0.2, 0.25) is 0 Å². The van der Waals surface area contributed by atoms with E-state index in [-0.39, 0.29) is 0 Å². The fourth-order valence-corrected chi connectivity index (χ4v) is 3.24. The maximum Gasteiger partial charge on any atom is 0.156 e. The molecule has 1 aromatic carbocycles. The van der Waals surface area contributed by atoms with Crippen molar-refractivity contribution in [3.8, 4) is 11.4 Å².